The smallest absolute Gasteiger partial charge is 0.305 e. The van der Waals surface area contributed by atoms with Crippen LogP contribution < -0.4 is 15.4 Å². The zero-order chi connectivity index (χ0) is 26.6. The Morgan fingerprint density at radius 3 is 2.51 bits per heavy atom. The van der Waals surface area contributed by atoms with E-state index in [1.807, 2.05) is 0 Å². The van der Waals surface area contributed by atoms with Crippen LogP contribution in [-0.4, -0.2) is 49.3 Å². The van der Waals surface area contributed by atoms with Gasteiger partial charge in [0.25, 0.3) is 0 Å². The van der Waals surface area contributed by atoms with Crippen LogP contribution in [-0.2, 0) is 19.1 Å². The van der Waals surface area contributed by atoms with Gasteiger partial charge in [0.15, 0.2) is 0 Å². The van der Waals surface area contributed by atoms with Gasteiger partial charge in [-0.05, 0) is 37.1 Å². The molecule has 9 nitrogen and oxygen atoms in total. The van der Waals surface area contributed by atoms with Gasteiger partial charge in [-0.1, -0.05) is 24.4 Å². The van der Waals surface area contributed by atoms with Gasteiger partial charge in [-0.2, -0.15) is 0 Å². The normalized spacial score (nSPS) is 10.8. The van der Waals surface area contributed by atoms with Crippen LogP contribution in [0.15, 0.2) is 36.7 Å². The molecule has 0 atom stereocenters. The zero-order valence-corrected chi connectivity index (χ0v) is 21.6. The van der Waals surface area contributed by atoms with E-state index in [-0.39, 0.29) is 23.5 Å². The number of methoxy groups -OCH3 is 2. The standard InChI is InChI=1S/C26H30ClFN4O5/c1-35-11-12-37-23-15-21-18(26(30-16-29-21)31-17-9-10-20(28)19(27)13-17)14-22(23)32-24(33)7-5-3-4-6-8-25(34)36-2/h9-10,13-16H,3-8,11-12H2,1-2H3,(H,32,33)(H,29,30,31). The molecule has 2 N–H and O–H groups in total. The number of halogens is 2. The molecule has 0 unspecified atom stereocenters. The fourth-order valence-corrected chi connectivity index (χ4v) is 3.75. The Morgan fingerprint density at radius 2 is 1.78 bits per heavy atom. The number of hydrogen-bond donors (Lipinski definition) is 2. The monoisotopic (exact) mass is 532 g/mol. The highest BCUT2D eigenvalue weighted by Gasteiger charge is 2.14. The molecule has 3 rings (SSSR count). The minimum atomic E-state index is -0.522. The molecular formula is C26H30ClFN4O5. The molecule has 0 aliphatic rings. The van der Waals surface area contributed by atoms with Crippen molar-refractivity contribution >= 4 is 51.6 Å². The summed E-state index contributed by atoms with van der Waals surface area (Å²) in [5, 5.41) is 6.65. The lowest BCUT2D eigenvalue weighted by molar-refractivity contribution is -0.140. The van der Waals surface area contributed by atoms with Crippen LogP contribution in [0.2, 0.25) is 5.02 Å². The molecule has 0 aliphatic heterocycles. The Kier molecular flexibility index (Phi) is 10.8. The summed E-state index contributed by atoms with van der Waals surface area (Å²) in [6.45, 7) is 0.661. The van der Waals surface area contributed by atoms with Crippen molar-refractivity contribution in [1.29, 1.82) is 0 Å². The molecule has 0 aliphatic carbocycles. The fraction of sp³-hybridized carbons (Fsp3) is 0.385. The summed E-state index contributed by atoms with van der Waals surface area (Å²) in [4.78, 5) is 32.5. The maximum absolute atomic E-state index is 13.6. The number of nitrogens with one attached hydrogen (secondary N) is 2. The van der Waals surface area contributed by atoms with Crippen LogP contribution in [0.4, 0.5) is 21.6 Å². The molecular weight excluding hydrogens is 503 g/mol. The molecule has 0 radical (unpaired) electrons. The number of carbonyl (C=O) groups is 2. The van der Waals surface area contributed by atoms with Crippen molar-refractivity contribution < 1.29 is 28.2 Å². The first-order valence-electron chi connectivity index (χ1n) is 11.9. The lowest BCUT2D eigenvalue weighted by atomic mass is 10.1. The quantitative estimate of drug-likeness (QED) is 0.202. The van der Waals surface area contributed by atoms with Crippen molar-refractivity contribution in [2.75, 3.05) is 38.1 Å². The summed E-state index contributed by atoms with van der Waals surface area (Å²) in [7, 11) is 2.95. The number of fused-ring (bicyclic) bond motifs is 1. The van der Waals surface area contributed by atoms with E-state index in [0.717, 1.165) is 19.3 Å². The summed E-state index contributed by atoms with van der Waals surface area (Å²) in [6.07, 6.45) is 5.16. The van der Waals surface area contributed by atoms with Gasteiger partial charge in [-0.25, -0.2) is 14.4 Å². The minimum absolute atomic E-state index is 0.0181. The second kappa shape index (κ2) is 14.3. The molecule has 198 valence electrons. The maximum atomic E-state index is 13.6. The topological polar surface area (TPSA) is 112 Å². The average molecular weight is 533 g/mol. The van der Waals surface area contributed by atoms with Crippen LogP contribution in [0.1, 0.15) is 38.5 Å². The molecule has 3 aromatic rings. The molecule has 2 aromatic carbocycles. The van der Waals surface area contributed by atoms with E-state index in [1.54, 1.807) is 25.3 Å². The number of esters is 1. The predicted molar refractivity (Wildman–Crippen MR) is 140 cm³/mol. The zero-order valence-electron chi connectivity index (χ0n) is 20.8. The molecule has 1 aromatic heterocycles. The molecule has 0 fully saturated rings. The van der Waals surface area contributed by atoms with Crippen LogP contribution in [0, 0.1) is 5.82 Å². The third kappa shape index (κ3) is 8.54. The number of aromatic nitrogens is 2. The molecule has 1 heterocycles. The van der Waals surface area contributed by atoms with Gasteiger partial charge in [0.05, 0.1) is 29.9 Å². The Labute approximate surface area is 219 Å². The van der Waals surface area contributed by atoms with Crippen molar-refractivity contribution in [3.05, 3.63) is 47.5 Å². The number of carbonyl (C=O) groups excluding carboxylic acids is 2. The Bertz CT molecular complexity index is 1230. The molecule has 0 spiro atoms. The van der Waals surface area contributed by atoms with Crippen LogP contribution in [0.5, 0.6) is 5.75 Å². The van der Waals surface area contributed by atoms with Crippen LogP contribution in [0.3, 0.4) is 0 Å². The number of anilines is 3. The molecule has 0 saturated carbocycles. The van der Waals surface area contributed by atoms with Crippen molar-refractivity contribution in [3.8, 4) is 5.75 Å². The predicted octanol–water partition coefficient (Wildman–Crippen LogP) is 5.64. The fourth-order valence-electron chi connectivity index (χ4n) is 3.57. The Balaban J connectivity index is 1.75. The average Bonchev–Trinajstić information content (AvgIpc) is 2.88. The van der Waals surface area contributed by atoms with E-state index >= 15 is 0 Å². The van der Waals surface area contributed by atoms with Gasteiger partial charge in [0.1, 0.15) is 30.3 Å². The van der Waals surface area contributed by atoms with E-state index in [0.29, 0.717) is 59.7 Å². The number of unbranched alkanes of at least 4 members (excludes halogenated alkanes) is 3. The van der Waals surface area contributed by atoms with Gasteiger partial charge in [0.2, 0.25) is 5.91 Å². The van der Waals surface area contributed by atoms with E-state index in [1.165, 1.54) is 25.6 Å². The van der Waals surface area contributed by atoms with E-state index in [4.69, 9.17) is 21.1 Å². The SMILES string of the molecule is COCCOc1cc2ncnc(Nc3ccc(F)c(Cl)c3)c2cc1NC(=O)CCCCCCC(=O)OC. The second-order valence-corrected chi connectivity index (χ2v) is 8.63. The number of hydrogen-bond acceptors (Lipinski definition) is 8. The van der Waals surface area contributed by atoms with Crippen LogP contribution in [0.25, 0.3) is 10.9 Å². The summed E-state index contributed by atoms with van der Waals surface area (Å²) in [5.74, 6) is -0.00949. The number of nitrogens with zero attached hydrogens (tertiary/aromatic N) is 2. The number of benzene rings is 2. The van der Waals surface area contributed by atoms with Crippen LogP contribution >= 0.6 is 11.6 Å². The van der Waals surface area contributed by atoms with Crippen molar-refractivity contribution in [3.63, 3.8) is 0 Å². The molecule has 0 saturated heterocycles. The summed E-state index contributed by atoms with van der Waals surface area (Å²) in [5.41, 5.74) is 1.60. The molecule has 37 heavy (non-hydrogen) atoms. The number of rotatable bonds is 14. The van der Waals surface area contributed by atoms with Gasteiger partial charge in [-0.15, -0.1) is 0 Å². The summed E-state index contributed by atoms with van der Waals surface area (Å²) in [6, 6.07) is 7.72. The van der Waals surface area contributed by atoms with E-state index in [9.17, 15) is 14.0 Å². The lowest BCUT2D eigenvalue weighted by Gasteiger charge is -2.15. The van der Waals surface area contributed by atoms with Crippen molar-refractivity contribution in [1.82, 2.24) is 9.97 Å². The molecule has 11 heteroatoms. The first-order chi connectivity index (χ1) is 17.9. The number of amides is 1. The summed E-state index contributed by atoms with van der Waals surface area (Å²) >= 11 is 5.91. The van der Waals surface area contributed by atoms with E-state index in [2.05, 4.69) is 25.3 Å². The van der Waals surface area contributed by atoms with Gasteiger partial charge < -0.3 is 24.8 Å². The van der Waals surface area contributed by atoms with Gasteiger partial charge in [-0.3, -0.25) is 9.59 Å². The largest absolute Gasteiger partial charge is 0.489 e. The first kappa shape index (κ1) is 28.1. The highest BCUT2D eigenvalue weighted by Crippen LogP contribution is 2.34. The third-order valence-electron chi connectivity index (χ3n) is 5.50. The maximum Gasteiger partial charge on any atom is 0.305 e. The van der Waals surface area contributed by atoms with Crippen molar-refractivity contribution in [2.45, 2.75) is 38.5 Å². The second-order valence-electron chi connectivity index (χ2n) is 8.22. The third-order valence-corrected chi connectivity index (χ3v) is 5.79. The highest BCUT2D eigenvalue weighted by molar-refractivity contribution is 6.31. The summed E-state index contributed by atoms with van der Waals surface area (Å²) < 4.78 is 29.1. The minimum Gasteiger partial charge on any atom is -0.489 e. The first-order valence-corrected chi connectivity index (χ1v) is 12.3. The van der Waals surface area contributed by atoms with Crippen molar-refractivity contribution in [2.24, 2.45) is 0 Å². The van der Waals surface area contributed by atoms with Gasteiger partial charge >= 0.3 is 5.97 Å². The lowest BCUT2D eigenvalue weighted by Crippen LogP contribution is -2.13. The highest BCUT2D eigenvalue weighted by atomic mass is 35.5. The molecule has 1 amide bonds. The Hall–Kier alpha value is -3.50. The molecule has 0 bridgehead atoms. The van der Waals surface area contributed by atoms with Gasteiger partial charge in [0, 0.05) is 37.1 Å². The Morgan fingerprint density at radius 1 is 1.00 bits per heavy atom. The van der Waals surface area contributed by atoms with E-state index < -0.39 is 5.82 Å². The number of ether oxygens (including phenoxy) is 3.